The Labute approximate surface area is 197 Å². The molecule has 3 aromatic rings. The zero-order valence-electron chi connectivity index (χ0n) is 19.4. The molecule has 9 heteroatoms. The Hall–Kier alpha value is -3.07. The predicted molar refractivity (Wildman–Crippen MR) is 125 cm³/mol. The molecule has 1 atom stereocenters. The minimum absolute atomic E-state index is 0.0581. The number of Topliss-reactive ketones (excluding diaryl/α,β-unsaturated/α-hetero) is 1. The average Bonchev–Trinajstić information content (AvgIpc) is 3.20. The Bertz CT molecular complexity index is 1090. The molecule has 7 nitrogen and oxygen atoms in total. The van der Waals surface area contributed by atoms with Crippen LogP contribution in [0.5, 0.6) is 17.2 Å². The maximum Gasteiger partial charge on any atom is 0.191 e. The predicted octanol–water partition coefficient (Wildman–Crippen LogP) is 5.21. The molecule has 0 aliphatic carbocycles. The van der Waals surface area contributed by atoms with Crippen molar-refractivity contribution in [3.8, 4) is 17.2 Å². The standard InChI is InChI=1S/C24H28FN3O4S/c1-15(2)13-28-23(16(3)32-19-9-7-18(25)8-10-19)26-27-24(28)33-14-20(29)17-6-11-21(30-4)22(12-17)31-5/h6-12,15-16H,13-14H2,1-5H3. The first-order chi connectivity index (χ1) is 15.8. The van der Waals surface area contributed by atoms with E-state index in [0.29, 0.717) is 46.3 Å². The minimum atomic E-state index is -0.405. The van der Waals surface area contributed by atoms with Gasteiger partial charge in [-0.25, -0.2) is 4.39 Å². The van der Waals surface area contributed by atoms with Crippen LogP contribution < -0.4 is 14.2 Å². The third kappa shape index (κ3) is 6.25. The van der Waals surface area contributed by atoms with Crippen LogP contribution in [0.15, 0.2) is 47.6 Å². The van der Waals surface area contributed by atoms with Crippen molar-refractivity contribution in [2.45, 2.75) is 38.6 Å². The van der Waals surface area contributed by atoms with E-state index in [4.69, 9.17) is 14.2 Å². The molecule has 0 N–H and O–H groups in total. The summed E-state index contributed by atoms with van der Waals surface area (Å²) in [7, 11) is 3.08. The molecule has 0 bridgehead atoms. The molecule has 176 valence electrons. The van der Waals surface area contributed by atoms with Gasteiger partial charge in [0, 0.05) is 12.1 Å². The molecule has 0 fully saturated rings. The van der Waals surface area contributed by atoms with E-state index >= 15 is 0 Å². The Morgan fingerprint density at radius 3 is 2.36 bits per heavy atom. The van der Waals surface area contributed by atoms with Crippen LogP contribution in [-0.2, 0) is 6.54 Å². The normalized spacial score (nSPS) is 12.0. The van der Waals surface area contributed by atoms with Crippen LogP contribution in [-0.4, -0.2) is 40.5 Å². The quantitative estimate of drug-likeness (QED) is 0.280. The van der Waals surface area contributed by atoms with Gasteiger partial charge >= 0.3 is 0 Å². The molecule has 0 amide bonds. The second kappa shape index (κ2) is 11.2. The summed E-state index contributed by atoms with van der Waals surface area (Å²) in [6.07, 6.45) is -0.405. The van der Waals surface area contributed by atoms with Gasteiger partial charge in [0.2, 0.25) is 0 Å². The highest BCUT2D eigenvalue weighted by molar-refractivity contribution is 7.99. The summed E-state index contributed by atoms with van der Waals surface area (Å²) in [5.74, 6) is 2.41. The number of benzene rings is 2. The number of halogens is 1. The number of rotatable bonds is 11. The SMILES string of the molecule is COc1ccc(C(=O)CSc2nnc(C(C)Oc3ccc(F)cc3)n2CC(C)C)cc1OC. The van der Waals surface area contributed by atoms with Crippen LogP contribution in [0.1, 0.15) is 43.1 Å². The molecule has 2 aromatic carbocycles. The number of ketones is 1. The van der Waals surface area contributed by atoms with Gasteiger partial charge in [0.25, 0.3) is 0 Å². The third-order valence-electron chi connectivity index (χ3n) is 4.82. The molecule has 0 saturated heterocycles. The lowest BCUT2D eigenvalue weighted by Crippen LogP contribution is -2.15. The van der Waals surface area contributed by atoms with Crippen molar-refractivity contribution < 1.29 is 23.4 Å². The van der Waals surface area contributed by atoms with Crippen molar-refractivity contribution in [1.82, 2.24) is 14.8 Å². The van der Waals surface area contributed by atoms with E-state index < -0.39 is 6.10 Å². The van der Waals surface area contributed by atoms with Gasteiger partial charge in [-0.1, -0.05) is 25.6 Å². The number of hydrogen-bond acceptors (Lipinski definition) is 7. The van der Waals surface area contributed by atoms with Crippen molar-refractivity contribution in [1.29, 1.82) is 0 Å². The fraction of sp³-hybridized carbons (Fsp3) is 0.375. The summed E-state index contributed by atoms with van der Waals surface area (Å²) in [6.45, 7) is 6.73. The van der Waals surface area contributed by atoms with Gasteiger partial charge in [0.15, 0.2) is 34.4 Å². The Morgan fingerprint density at radius 1 is 1.03 bits per heavy atom. The van der Waals surface area contributed by atoms with E-state index in [1.54, 1.807) is 37.4 Å². The Morgan fingerprint density at radius 2 is 1.73 bits per heavy atom. The molecule has 1 aromatic heterocycles. The molecule has 1 unspecified atom stereocenters. The molecular weight excluding hydrogens is 445 g/mol. The molecule has 0 saturated carbocycles. The summed E-state index contributed by atoms with van der Waals surface area (Å²) in [6, 6.07) is 10.9. The minimum Gasteiger partial charge on any atom is -0.493 e. The number of hydrogen-bond donors (Lipinski definition) is 0. The summed E-state index contributed by atoms with van der Waals surface area (Å²) in [5.41, 5.74) is 0.531. The van der Waals surface area contributed by atoms with E-state index in [1.807, 2.05) is 11.5 Å². The number of aromatic nitrogens is 3. The maximum atomic E-state index is 13.2. The molecule has 33 heavy (non-hydrogen) atoms. The van der Waals surface area contributed by atoms with Gasteiger partial charge in [-0.15, -0.1) is 10.2 Å². The maximum absolute atomic E-state index is 13.2. The van der Waals surface area contributed by atoms with Crippen molar-refractivity contribution in [3.63, 3.8) is 0 Å². The zero-order chi connectivity index (χ0) is 24.0. The molecule has 1 heterocycles. The number of ether oxygens (including phenoxy) is 3. The fourth-order valence-electron chi connectivity index (χ4n) is 3.24. The van der Waals surface area contributed by atoms with Gasteiger partial charge in [-0.2, -0.15) is 0 Å². The summed E-state index contributed by atoms with van der Waals surface area (Å²) >= 11 is 1.32. The topological polar surface area (TPSA) is 75.5 Å². The Kier molecular flexibility index (Phi) is 8.32. The third-order valence-corrected chi connectivity index (χ3v) is 5.79. The van der Waals surface area contributed by atoms with Gasteiger partial charge in [0.05, 0.1) is 20.0 Å². The van der Waals surface area contributed by atoms with Crippen LogP contribution in [0.3, 0.4) is 0 Å². The van der Waals surface area contributed by atoms with E-state index in [0.717, 1.165) is 0 Å². The first kappa shape index (κ1) is 24.6. The highest BCUT2D eigenvalue weighted by Crippen LogP contribution is 2.29. The number of methoxy groups -OCH3 is 2. The van der Waals surface area contributed by atoms with Crippen molar-refractivity contribution in [2.75, 3.05) is 20.0 Å². The molecule has 0 spiro atoms. The molecule has 3 rings (SSSR count). The molecule has 0 aliphatic heterocycles. The summed E-state index contributed by atoms with van der Waals surface area (Å²) in [5, 5.41) is 9.28. The van der Waals surface area contributed by atoms with Crippen LogP contribution >= 0.6 is 11.8 Å². The van der Waals surface area contributed by atoms with E-state index in [2.05, 4.69) is 24.0 Å². The Balaban J connectivity index is 1.75. The van der Waals surface area contributed by atoms with Crippen LogP contribution in [0, 0.1) is 11.7 Å². The second-order valence-corrected chi connectivity index (χ2v) is 8.78. The van der Waals surface area contributed by atoms with Crippen LogP contribution in [0.25, 0.3) is 0 Å². The second-order valence-electron chi connectivity index (χ2n) is 7.84. The fourth-order valence-corrected chi connectivity index (χ4v) is 4.09. The zero-order valence-corrected chi connectivity index (χ0v) is 20.2. The van der Waals surface area contributed by atoms with E-state index in [1.165, 1.54) is 31.0 Å². The summed E-state index contributed by atoms with van der Waals surface area (Å²) in [4.78, 5) is 12.8. The number of carbonyl (C=O) groups is 1. The highest BCUT2D eigenvalue weighted by atomic mass is 32.2. The lowest BCUT2D eigenvalue weighted by atomic mass is 10.1. The van der Waals surface area contributed by atoms with E-state index in [-0.39, 0.29) is 17.4 Å². The van der Waals surface area contributed by atoms with Crippen LogP contribution in [0.4, 0.5) is 4.39 Å². The smallest absolute Gasteiger partial charge is 0.191 e. The average molecular weight is 474 g/mol. The van der Waals surface area contributed by atoms with Gasteiger partial charge in [0.1, 0.15) is 11.6 Å². The van der Waals surface area contributed by atoms with Gasteiger partial charge < -0.3 is 18.8 Å². The number of carbonyl (C=O) groups excluding carboxylic acids is 1. The highest BCUT2D eigenvalue weighted by Gasteiger charge is 2.21. The van der Waals surface area contributed by atoms with E-state index in [9.17, 15) is 9.18 Å². The van der Waals surface area contributed by atoms with Crippen molar-refractivity contribution >= 4 is 17.5 Å². The monoisotopic (exact) mass is 473 g/mol. The first-order valence-electron chi connectivity index (χ1n) is 10.6. The molecular formula is C24H28FN3O4S. The molecule has 0 radical (unpaired) electrons. The van der Waals surface area contributed by atoms with Crippen molar-refractivity contribution in [3.05, 3.63) is 59.7 Å². The first-order valence-corrected chi connectivity index (χ1v) is 11.5. The number of thioether (sulfide) groups is 1. The van der Waals surface area contributed by atoms with Gasteiger partial charge in [-0.05, 0) is 55.3 Å². The summed E-state index contributed by atoms with van der Waals surface area (Å²) < 4.78 is 31.6. The lowest BCUT2D eigenvalue weighted by Gasteiger charge is -2.17. The number of nitrogens with zero attached hydrogens (tertiary/aromatic N) is 3. The van der Waals surface area contributed by atoms with Gasteiger partial charge in [-0.3, -0.25) is 4.79 Å². The van der Waals surface area contributed by atoms with Crippen LogP contribution in [0.2, 0.25) is 0 Å². The largest absolute Gasteiger partial charge is 0.493 e. The molecule has 0 aliphatic rings. The van der Waals surface area contributed by atoms with Crippen molar-refractivity contribution in [2.24, 2.45) is 5.92 Å². The lowest BCUT2D eigenvalue weighted by molar-refractivity contribution is 0.102.